The predicted octanol–water partition coefficient (Wildman–Crippen LogP) is 2.91. The highest BCUT2D eigenvalue weighted by molar-refractivity contribution is 5.91. The number of anilines is 1. The minimum absolute atomic E-state index is 0.0314. The Labute approximate surface area is 101 Å². The molecule has 0 fully saturated rings. The Morgan fingerprint density at radius 1 is 1.06 bits per heavy atom. The van der Waals surface area contributed by atoms with E-state index in [1.54, 1.807) is 0 Å². The molecule has 0 saturated carbocycles. The van der Waals surface area contributed by atoms with E-state index in [2.05, 4.69) is 0 Å². The molecule has 0 aliphatic heterocycles. The average molecular weight is 249 g/mol. The van der Waals surface area contributed by atoms with Gasteiger partial charge in [0, 0.05) is 11.3 Å². The van der Waals surface area contributed by atoms with E-state index in [0.29, 0.717) is 16.8 Å². The molecule has 0 aliphatic rings. The number of carbonyl (C=O) groups is 1. The van der Waals surface area contributed by atoms with Crippen LogP contribution >= 0.6 is 0 Å². The third-order valence-electron chi connectivity index (χ3n) is 2.53. The van der Waals surface area contributed by atoms with Gasteiger partial charge in [-0.05, 0) is 35.9 Å². The van der Waals surface area contributed by atoms with Crippen LogP contribution in [0.5, 0.6) is 0 Å². The molecule has 0 aromatic heterocycles. The summed E-state index contributed by atoms with van der Waals surface area (Å²) in [5.41, 5.74) is 6.71. The first-order valence-electron chi connectivity index (χ1n) is 5.07. The molecule has 0 atom stereocenters. The molecule has 0 bridgehead atoms. The van der Waals surface area contributed by atoms with Crippen molar-refractivity contribution < 1.29 is 18.7 Å². The number of benzene rings is 2. The molecule has 2 rings (SSSR count). The number of hydrogen-bond acceptors (Lipinski definition) is 2. The number of nitrogen functional groups attached to an aromatic ring is 1. The van der Waals surface area contributed by atoms with Crippen LogP contribution in [0.25, 0.3) is 11.1 Å². The Kier molecular flexibility index (Phi) is 2.97. The van der Waals surface area contributed by atoms with Crippen molar-refractivity contribution in [3.05, 3.63) is 53.6 Å². The summed E-state index contributed by atoms with van der Waals surface area (Å²) in [6.45, 7) is 0. The van der Waals surface area contributed by atoms with Crippen LogP contribution in [0.1, 0.15) is 10.4 Å². The highest BCUT2D eigenvalue weighted by atomic mass is 19.2. The molecular formula is C13H9F2NO2. The number of rotatable bonds is 2. The molecule has 0 amide bonds. The Hall–Kier alpha value is -2.43. The molecule has 0 spiro atoms. The van der Waals surface area contributed by atoms with Crippen LogP contribution in [-0.4, -0.2) is 11.1 Å². The van der Waals surface area contributed by atoms with E-state index >= 15 is 0 Å². The average Bonchev–Trinajstić information content (AvgIpc) is 2.33. The maximum atomic E-state index is 13.1. The first-order chi connectivity index (χ1) is 8.49. The van der Waals surface area contributed by atoms with Crippen molar-refractivity contribution in [2.75, 3.05) is 5.73 Å². The molecule has 3 nitrogen and oxygen atoms in total. The number of nitrogens with two attached hydrogens (primary N) is 1. The monoisotopic (exact) mass is 249 g/mol. The van der Waals surface area contributed by atoms with Crippen LogP contribution in [0, 0.1) is 11.6 Å². The molecule has 0 aliphatic carbocycles. The molecule has 92 valence electrons. The first-order valence-corrected chi connectivity index (χ1v) is 5.07. The van der Waals surface area contributed by atoms with Gasteiger partial charge in [-0.1, -0.05) is 6.07 Å². The van der Waals surface area contributed by atoms with Crippen molar-refractivity contribution in [1.29, 1.82) is 0 Å². The topological polar surface area (TPSA) is 63.3 Å². The van der Waals surface area contributed by atoms with Gasteiger partial charge in [0.2, 0.25) is 0 Å². The summed E-state index contributed by atoms with van der Waals surface area (Å²) < 4.78 is 25.9. The van der Waals surface area contributed by atoms with Gasteiger partial charge in [0.15, 0.2) is 11.6 Å². The van der Waals surface area contributed by atoms with Crippen LogP contribution in [-0.2, 0) is 0 Å². The fourth-order valence-corrected chi connectivity index (χ4v) is 1.60. The Morgan fingerprint density at radius 2 is 1.78 bits per heavy atom. The largest absolute Gasteiger partial charge is 0.478 e. The zero-order chi connectivity index (χ0) is 13.3. The maximum absolute atomic E-state index is 13.1. The highest BCUT2D eigenvalue weighted by Gasteiger charge is 2.10. The summed E-state index contributed by atoms with van der Waals surface area (Å²) in [5.74, 6) is -3.09. The molecule has 2 aromatic rings. The van der Waals surface area contributed by atoms with Crippen molar-refractivity contribution in [3.8, 4) is 11.1 Å². The number of aromatic carboxylic acids is 1. The van der Waals surface area contributed by atoms with Gasteiger partial charge in [0.25, 0.3) is 0 Å². The van der Waals surface area contributed by atoms with Gasteiger partial charge < -0.3 is 10.8 Å². The van der Waals surface area contributed by atoms with Crippen molar-refractivity contribution in [3.63, 3.8) is 0 Å². The van der Waals surface area contributed by atoms with E-state index < -0.39 is 17.6 Å². The number of carboxylic acids is 1. The number of halogens is 2. The molecule has 18 heavy (non-hydrogen) atoms. The van der Waals surface area contributed by atoms with Crippen molar-refractivity contribution in [2.24, 2.45) is 0 Å². The smallest absolute Gasteiger partial charge is 0.335 e. The van der Waals surface area contributed by atoms with E-state index in [4.69, 9.17) is 10.8 Å². The molecule has 0 heterocycles. The normalized spacial score (nSPS) is 10.3. The van der Waals surface area contributed by atoms with Crippen LogP contribution in [0.3, 0.4) is 0 Å². The summed E-state index contributed by atoms with van der Waals surface area (Å²) in [5, 5.41) is 8.87. The Morgan fingerprint density at radius 3 is 2.39 bits per heavy atom. The Balaban J connectivity index is 2.58. The molecule has 0 radical (unpaired) electrons. The number of hydrogen-bond donors (Lipinski definition) is 2. The van der Waals surface area contributed by atoms with Gasteiger partial charge in [-0.15, -0.1) is 0 Å². The fourth-order valence-electron chi connectivity index (χ4n) is 1.60. The van der Waals surface area contributed by atoms with Gasteiger partial charge in [0.1, 0.15) is 0 Å². The number of carboxylic acid groups (broad SMARTS) is 1. The van der Waals surface area contributed by atoms with Crippen molar-refractivity contribution >= 4 is 11.7 Å². The summed E-state index contributed by atoms with van der Waals surface area (Å²) in [7, 11) is 0. The van der Waals surface area contributed by atoms with Gasteiger partial charge >= 0.3 is 5.97 Å². The quantitative estimate of drug-likeness (QED) is 0.804. The molecule has 2 aromatic carbocycles. The molecule has 0 unspecified atom stereocenters. The summed E-state index contributed by atoms with van der Waals surface area (Å²) in [6.07, 6.45) is 0. The first kappa shape index (κ1) is 12.0. The lowest BCUT2D eigenvalue weighted by Gasteiger charge is -2.07. The minimum Gasteiger partial charge on any atom is -0.478 e. The highest BCUT2D eigenvalue weighted by Crippen LogP contribution is 2.28. The molecular weight excluding hydrogens is 240 g/mol. The van der Waals surface area contributed by atoms with E-state index in [1.165, 1.54) is 24.3 Å². The second-order valence-corrected chi connectivity index (χ2v) is 3.74. The van der Waals surface area contributed by atoms with Crippen LogP contribution in [0.15, 0.2) is 36.4 Å². The third-order valence-corrected chi connectivity index (χ3v) is 2.53. The third kappa shape index (κ3) is 2.15. The van der Waals surface area contributed by atoms with Crippen molar-refractivity contribution in [1.82, 2.24) is 0 Å². The minimum atomic E-state index is -1.11. The standard InChI is InChI=1S/C13H9F2NO2/c14-10-3-1-7(6-11(10)15)9-5-8(13(17)18)2-4-12(9)16/h1-6H,16H2,(H,17,18). The fraction of sp³-hybridized carbons (Fsp3) is 0. The zero-order valence-corrected chi connectivity index (χ0v) is 9.15. The van der Waals surface area contributed by atoms with Crippen LogP contribution in [0.2, 0.25) is 0 Å². The van der Waals surface area contributed by atoms with Crippen LogP contribution in [0.4, 0.5) is 14.5 Å². The second kappa shape index (κ2) is 4.44. The van der Waals surface area contributed by atoms with Gasteiger partial charge in [-0.3, -0.25) is 0 Å². The lowest BCUT2D eigenvalue weighted by atomic mass is 10.0. The SMILES string of the molecule is Nc1ccc(C(=O)O)cc1-c1ccc(F)c(F)c1. The lowest BCUT2D eigenvalue weighted by Crippen LogP contribution is -1.99. The van der Waals surface area contributed by atoms with Gasteiger partial charge in [-0.2, -0.15) is 0 Å². The maximum Gasteiger partial charge on any atom is 0.335 e. The van der Waals surface area contributed by atoms with E-state index in [0.717, 1.165) is 12.1 Å². The molecule has 5 heteroatoms. The summed E-state index contributed by atoms with van der Waals surface area (Å²) in [6, 6.07) is 7.38. The van der Waals surface area contributed by atoms with Crippen LogP contribution < -0.4 is 5.73 Å². The zero-order valence-electron chi connectivity index (χ0n) is 9.15. The summed E-state index contributed by atoms with van der Waals surface area (Å²) in [4.78, 5) is 10.8. The van der Waals surface area contributed by atoms with E-state index in [9.17, 15) is 13.6 Å². The molecule has 0 saturated heterocycles. The second-order valence-electron chi connectivity index (χ2n) is 3.74. The molecule has 3 N–H and O–H groups in total. The lowest BCUT2D eigenvalue weighted by molar-refractivity contribution is 0.0697. The van der Waals surface area contributed by atoms with Gasteiger partial charge in [0.05, 0.1) is 5.56 Å². The van der Waals surface area contributed by atoms with E-state index in [-0.39, 0.29) is 5.56 Å². The van der Waals surface area contributed by atoms with E-state index in [1.807, 2.05) is 0 Å². The predicted molar refractivity (Wildman–Crippen MR) is 63.2 cm³/mol. The van der Waals surface area contributed by atoms with Crippen molar-refractivity contribution in [2.45, 2.75) is 0 Å². The Bertz CT molecular complexity index is 626. The van der Waals surface area contributed by atoms with Gasteiger partial charge in [-0.25, -0.2) is 13.6 Å². The summed E-state index contributed by atoms with van der Waals surface area (Å²) >= 11 is 0.